The zero-order valence-corrected chi connectivity index (χ0v) is 37.4. The van der Waals surface area contributed by atoms with Crippen molar-refractivity contribution in [2.45, 2.75) is 55.3 Å². The van der Waals surface area contributed by atoms with Crippen LogP contribution in [0.15, 0.2) is 114 Å². The second kappa shape index (κ2) is 19.7. The van der Waals surface area contributed by atoms with Crippen molar-refractivity contribution in [1.29, 1.82) is 0 Å². The Labute approximate surface area is 378 Å². The molecule has 0 amide bonds. The minimum absolute atomic E-state index is 0.0425. The third-order valence-electron chi connectivity index (χ3n) is 12.2. The van der Waals surface area contributed by atoms with Gasteiger partial charge >= 0.3 is 11.9 Å². The molecule has 0 N–H and O–H groups in total. The van der Waals surface area contributed by atoms with Crippen molar-refractivity contribution in [3.8, 4) is 17.2 Å². The van der Waals surface area contributed by atoms with Crippen molar-refractivity contribution in [3.63, 3.8) is 0 Å². The van der Waals surface area contributed by atoms with Crippen LogP contribution < -0.4 is 14.2 Å². The number of pyridine rings is 1. The first-order chi connectivity index (χ1) is 30.5. The van der Waals surface area contributed by atoms with Gasteiger partial charge in [0, 0.05) is 44.4 Å². The first kappa shape index (κ1) is 44.4. The summed E-state index contributed by atoms with van der Waals surface area (Å²) in [6, 6.07) is 29.3. The van der Waals surface area contributed by atoms with E-state index in [-0.39, 0.29) is 55.4 Å². The maximum absolute atomic E-state index is 13.7. The van der Waals surface area contributed by atoms with Gasteiger partial charge in [0.2, 0.25) is 10.0 Å². The number of esters is 2. The number of piperidine rings is 3. The van der Waals surface area contributed by atoms with Gasteiger partial charge in [0.05, 0.1) is 41.5 Å². The highest BCUT2D eigenvalue weighted by atomic mass is 35.5. The van der Waals surface area contributed by atoms with Crippen LogP contribution in [0.25, 0.3) is 0 Å². The monoisotopic (exact) mass is 913 g/mol. The second-order valence-electron chi connectivity index (χ2n) is 16.2. The van der Waals surface area contributed by atoms with Crippen LogP contribution >= 0.6 is 23.2 Å². The first-order valence-electron chi connectivity index (χ1n) is 21.0. The molecule has 0 radical (unpaired) electrons. The molecule has 4 fully saturated rings. The van der Waals surface area contributed by atoms with E-state index in [9.17, 15) is 18.0 Å². The van der Waals surface area contributed by atoms with Gasteiger partial charge in [-0.15, -0.1) is 0 Å². The first-order valence-corrected chi connectivity index (χ1v) is 23.2. The van der Waals surface area contributed by atoms with E-state index in [4.69, 9.17) is 46.9 Å². The predicted octanol–water partition coefficient (Wildman–Crippen LogP) is 8.29. The largest absolute Gasteiger partial charge is 0.493 e. The Bertz CT molecular complexity index is 2490. The zero-order chi connectivity index (χ0) is 44.1. The van der Waals surface area contributed by atoms with Crippen LogP contribution in [0.2, 0.25) is 10.0 Å². The molecule has 330 valence electrons. The minimum Gasteiger partial charge on any atom is -0.493 e. The van der Waals surface area contributed by atoms with Gasteiger partial charge in [0.15, 0.2) is 11.5 Å². The Kier molecular flexibility index (Phi) is 13.9. The lowest BCUT2D eigenvalue weighted by atomic mass is 9.85. The number of nitrogens with zero attached hydrogens (tertiary/aromatic N) is 3. The van der Waals surface area contributed by atoms with Crippen LogP contribution in [0, 0.1) is 11.8 Å². The van der Waals surface area contributed by atoms with E-state index >= 15 is 0 Å². The SMILES string of the molecule is COc1ccc([C@H](Cc2c(Cl)cncc2Cl)OC(=O)C2CN(S(=O)(=O)c3ccc(COc4cccc([C@@H](CC(=O)O[C@H]5CN6CCC5CC6)c5ccccc5)c4)cc3)C2)cc1OC. The van der Waals surface area contributed by atoms with Crippen LogP contribution in [-0.2, 0) is 42.1 Å². The smallest absolute Gasteiger partial charge is 0.312 e. The van der Waals surface area contributed by atoms with E-state index in [1.54, 1.807) is 30.3 Å². The maximum Gasteiger partial charge on any atom is 0.312 e. The summed E-state index contributed by atoms with van der Waals surface area (Å²) < 4.78 is 57.7. The number of hydrogen-bond donors (Lipinski definition) is 0. The number of hydrogen-bond acceptors (Lipinski definition) is 11. The highest BCUT2D eigenvalue weighted by molar-refractivity contribution is 7.89. The van der Waals surface area contributed by atoms with Crippen molar-refractivity contribution < 1.29 is 41.7 Å². The maximum atomic E-state index is 13.7. The molecule has 3 atom stereocenters. The van der Waals surface area contributed by atoms with Gasteiger partial charge in [-0.2, -0.15) is 4.31 Å². The molecule has 4 aromatic carbocycles. The number of fused-ring (bicyclic) bond motifs is 3. The fraction of sp³-hybridized carbons (Fsp3) is 0.354. The van der Waals surface area contributed by atoms with E-state index in [0.717, 1.165) is 49.2 Å². The molecule has 5 aromatic rings. The fourth-order valence-corrected chi connectivity index (χ4v) is 10.6. The van der Waals surface area contributed by atoms with E-state index in [1.807, 2.05) is 54.6 Å². The summed E-state index contributed by atoms with van der Waals surface area (Å²) in [5.74, 6) is 0.324. The van der Waals surface area contributed by atoms with E-state index in [0.29, 0.717) is 44.3 Å². The predicted molar refractivity (Wildman–Crippen MR) is 238 cm³/mol. The van der Waals surface area contributed by atoms with Gasteiger partial charge in [-0.25, -0.2) is 8.42 Å². The van der Waals surface area contributed by atoms with Gasteiger partial charge in [-0.1, -0.05) is 83.9 Å². The number of ether oxygens (including phenoxy) is 5. The lowest BCUT2D eigenvalue weighted by Crippen LogP contribution is -2.53. The molecule has 1 aromatic heterocycles. The molecule has 12 nitrogen and oxygen atoms in total. The van der Waals surface area contributed by atoms with Crippen molar-refractivity contribution in [2.24, 2.45) is 11.8 Å². The Hall–Kier alpha value is -5.18. The van der Waals surface area contributed by atoms with Gasteiger partial charge in [-0.3, -0.25) is 19.5 Å². The van der Waals surface area contributed by atoms with Crippen LogP contribution in [0.1, 0.15) is 59.1 Å². The van der Waals surface area contributed by atoms with Gasteiger partial charge in [0.25, 0.3) is 0 Å². The van der Waals surface area contributed by atoms with E-state index < -0.39 is 28.0 Å². The number of halogens is 2. The number of carbonyl (C=O) groups is 2. The molecule has 0 unspecified atom stereocenters. The Morgan fingerprint density at radius 3 is 2.16 bits per heavy atom. The Morgan fingerprint density at radius 1 is 0.794 bits per heavy atom. The van der Waals surface area contributed by atoms with Crippen molar-refractivity contribution in [2.75, 3.05) is 46.9 Å². The normalized spacial score (nSPS) is 19.7. The average Bonchev–Trinajstić information content (AvgIpc) is 3.28. The van der Waals surface area contributed by atoms with Crippen LogP contribution in [0.3, 0.4) is 0 Å². The summed E-state index contributed by atoms with van der Waals surface area (Å²) in [7, 11) is -0.870. The lowest BCUT2D eigenvalue weighted by Gasteiger charge is -2.44. The zero-order valence-electron chi connectivity index (χ0n) is 35.0. The van der Waals surface area contributed by atoms with Gasteiger partial charge < -0.3 is 23.7 Å². The molecule has 4 saturated heterocycles. The number of carbonyl (C=O) groups excluding carboxylic acids is 2. The van der Waals surface area contributed by atoms with Gasteiger partial charge in [-0.05, 0) is 96.1 Å². The summed E-state index contributed by atoms with van der Waals surface area (Å²) in [6.07, 6.45) is 4.54. The molecule has 0 spiro atoms. The number of benzene rings is 4. The second-order valence-corrected chi connectivity index (χ2v) is 18.9. The topological polar surface area (TPSA) is 134 Å². The fourth-order valence-electron chi connectivity index (χ4n) is 8.55. The number of rotatable bonds is 17. The molecule has 0 saturated carbocycles. The molecule has 0 aliphatic carbocycles. The highest BCUT2D eigenvalue weighted by Crippen LogP contribution is 2.38. The molecule has 4 aliphatic heterocycles. The van der Waals surface area contributed by atoms with Crippen LogP contribution in [0.4, 0.5) is 0 Å². The highest BCUT2D eigenvalue weighted by Gasteiger charge is 2.42. The third-order valence-corrected chi connectivity index (χ3v) is 14.7. The minimum atomic E-state index is -3.90. The molecule has 15 heteroatoms. The molecule has 9 rings (SSSR count). The molecule has 4 aliphatic rings. The van der Waals surface area contributed by atoms with E-state index in [1.165, 1.54) is 43.1 Å². The lowest BCUT2D eigenvalue weighted by molar-refractivity contribution is -0.159. The molecule has 63 heavy (non-hydrogen) atoms. The van der Waals surface area contributed by atoms with E-state index in [2.05, 4.69) is 9.88 Å². The Balaban J connectivity index is 0.880. The van der Waals surface area contributed by atoms with Crippen molar-refractivity contribution in [1.82, 2.24) is 14.2 Å². The molecular weight excluding hydrogens is 866 g/mol. The molecular formula is C48H49Cl2N3O9S. The number of methoxy groups -OCH3 is 2. The summed E-state index contributed by atoms with van der Waals surface area (Å²) in [5, 5.41) is 0.637. The van der Waals surface area contributed by atoms with Crippen molar-refractivity contribution in [3.05, 3.63) is 147 Å². The van der Waals surface area contributed by atoms with Gasteiger partial charge in [0.1, 0.15) is 24.6 Å². The standard InChI is InChI=1S/C48H49Cl2N3O9S/c1-58-43-16-13-35(22-45(43)59-2)44(23-40-41(49)25-51-26-42(40)50)62-48(55)36-27-53(28-36)63(56,57)38-14-11-31(12-15-38)30-60-37-10-6-9-34(21-37)39(32-7-4-3-5-8-32)24-47(54)61-46-29-52-19-17-33(46)18-20-52/h3-16,21-22,25-26,33,36,39,44,46H,17-20,23-24,27-30H2,1-2H3/t39-,44-,46-/m0/s1. The summed E-state index contributed by atoms with van der Waals surface area (Å²) in [5.41, 5.74) is 3.87. The molecule has 5 heterocycles. The third kappa shape index (κ3) is 10.3. The summed E-state index contributed by atoms with van der Waals surface area (Å²) >= 11 is 12.9. The molecule has 2 bridgehead atoms. The Morgan fingerprint density at radius 2 is 1.49 bits per heavy atom. The number of sulfonamides is 1. The van der Waals surface area contributed by atoms with Crippen LogP contribution in [0.5, 0.6) is 17.2 Å². The van der Waals surface area contributed by atoms with Crippen LogP contribution in [-0.4, -0.2) is 87.6 Å². The van der Waals surface area contributed by atoms with Crippen molar-refractivity contribution >= 4 is 45.2 Å². The number of aromatic nitrogens is 1. The quantitative estimate of drug-likeness (QED) is 0.0835. The average molecular weight is 915 g/mol. The summed E-state index contributed by atoms with van der Waals surface area (Å²) in [6.45, 7) is 3.07. The summed E-state index contributed by atoms with van der Waals surface area (Å²) in [4.78, 5) is 33.4.